The fraction of sp³-hybridized carbons (Fsp3) is 0.480. The van der Waals surface area contributed by atoms with Crippen LogP contribution in [-0.2, 0) is 33.6 Å². The second kappa shape index (κ2) is 8.79. The highest BCUT2D eigenvalue weighted by Gasteiger charge is 2.39. The number of rotatable bonds is 4. The van der Waals surface area contributed by atoms with Gasteiger partial charge in [-0.25, -0.2) is 4.79 Å². The molecule has 0 unspecified atom stereocenters. The highest BCUT2D eigenvalue weighted by atomic mass is 16.7. The van der Waals surface area contributed by atoms with E-state index in [1.54, 1.807) is 4.90 Å². The van der Waals surface area contributed by atoms with Crippen LogP contribution in [0.25, 0.3) is 0 Å². The predicted molar refractivity (Wildman–Crippen MR) is 124 cm³/mol. The number of ether oxygens (including phenoxy) is 2. The summed E-state index contributed by atoms with van der Waals surface area (Å²) in [5.74, 6) is 0.756. The molecule has 2 heterocycles. The average molecular weight is 437 g/mol. The first-order valence-electron chi connectivity index (χ1n) is 11.2. The lowest BCUT2D eigenvalue weighted by atomic mass is 9.76. The van der Waals surface area contributed by atoms with Crippen molar-refractivity contribution < 1.29 is 23.6 Å². The van der Waals surface area contributed by atoms with Gasteiger partial charge in [0.25, 0.3) is 0 Å². The maximum absolute atomic E-state index is 12.7. The predicted octanol–water partition coefficient (Wildman–Crippen LogP) is 4.08. The molecule has 0 spiro atoms. The quantitative estimate of drug-likeness (QED) is 0.675. The Kier molecular flexibility index (Phi) is 6.23. The molecular formula is C25H32BNO5. The molecule has 0 N–H and O–H groups in total. The summed E-state index contributed by atoms with van der Waals surface area (Å²) in [6, 6.07) is 14.2. The van der Waals surface area contributed by atoms with Crippen LogP contribution in [0.3, 0.4) is 0 Å². The topological polar surface area (TPSA) is 57.2 Å². The fourth-order valence-corrected chi connectivity index (χ4v) is 3.94. The standard InChI is InChI=1S/C25H32BNO5/c1-24(2,3)31-23(28)27-12-11-19-13-20(26-30-17-25(4,5)32-26)14-22(21(19)15-27)29-16-18-9-7-6-8-10-18/h6-10,13-14H,11-12,15-17H2,1-5H3. The van der Waals surface area contributed by atoms with Crippen molar-refractivity contribution in [1.82, 2.24) is 4.90 Å². The van der Waals surface area contributed by atoms with Crippen molar-refractivity contribution in [2.45, 2.75) is 65.4 Å². The molecule has 32 heavy (non-hydrogen) atoms. The van der Waals surface area contributed by atoms with Crippen LogP contribution in [0, 0.1) is 0 Å². The highest BCUT2D eigenvalue weighted by Crippen LogP contribution is 2.30. The van der Waals surface area contributed by atoms with E-state index in [0.717, 1.165) is 34.3 Å². The largest absolute Gasteiger partial charge is 0.494 e. The summed E-state index contributed by atoms with van der Waals surface area (Å²) in [5, 5.41) is 0. The average Bonchev–Trinajstić information content (AvgIpc) is 3.10. The van der Waals surface area contributed by atoms with Crippen LogP contribution in [0.5, 0.6) is 5.75 Å². The first kappa shape index (κ1) is 22.7. The minimum absolute atomic E-state index is 0.301. The monoisotopic (exact) mass is 437 g/mol. The number of carbonyl (C=O) groups excluding carboxylic acids is 1. The zero-order valence-electron chi connectivity index (χ0n) is 19.6. The Morgan fingerprint density at radius 1 is 1.19 bits per heavy atom. The molecule has 2 aliphatic heterocycles. The van der Waals surface area contributed by atoms with E-state index in [1.165, 1.54) is 0 Å². The van der Waals surface area contributed by atoms with Crippen LogP contribution in [0.15, 0.2) is 42.5 Å². The Morgan fingerprint density at radius 2 is 1.94 bits per heavy atom. The molecule has 6 nitrogen and oxygen atoms in total. The van der Waals surface area contributed by atoms with Crippen molar-refractivity contribution in [1.29, 1.82) is 0 Å². The Hall–Kier alpha value is -2.51. The number of hydrogen-bond donors (Lipinski definition) is 0. The van der Waals surface area contributed by atoms with E-state index < -0.39 is 12.7 Å². The van der Waals surface area contributed by atoms with Gasteiger partial charge in [0.05, 0.1) is 18.8 Å². The van der Waals surface area contributed by atoms with Crippen molar-refractivity contribution >= 4 is 18.7 Å². The fourth-order valence-electron chi connectivity index (χ4n) is 3.94. The number of amides is 1. The van der Waals surface area contributed by atoms with Gasteiger partial charge in [-0.05, 0) is 63.7 Å². The molecule has 4 rings (SSSR count). The second-order valence-electron chi connectivity index (χ2n) is 10.1. The molecule has 0 aliphatic carbocycles. The number of benzene rings is 2. The molecule has 2 aromatic rings. The molecule has 170 valence electrons. The molecule has 0 radical (unpaired) electrons. The Balaban J connectivity index is 1.61. The Morgan fingerprint density at radius 3 is 2.59 bits per heavy atom. The minimum Gasteiger partial charge on any atom is -0.489 e. The molecule has 1 saturated heterocycles. The molecule has 2 aromatic carbocycles. The Labute approximate surface area is 190 Å². The molecule has 1 fully saturated rings. The van der Waals surface area contributed by atoms with Gasteiger partial charge in [-0.3, -0.25) is 0 Å². The summed E-state index contributed by atoms with van der Waals surface area (Å²) in [4.78, 5) is 14.4. The third-order valence-electron chi connectivity index (χ3n) is 5.49. The molecule has 2 aliphatic rings. The van der Waals surface area contributed by atoms with Crippen LogP contribution < -0.4 is 10.2 Å². The normalized spacial score (nSPS) is 17.8. The smallest absolute Gasteiger partial charge is 0.489 e. The van der Waals surface area contributed by atoms with Crippen LogP contribution >= 0.6 is 0 Å². The van der Waals surface area contributed by atoms with Gasteiger partial charge in [-0.1, -0.05) is 36.4 Å². The van der Waals surface area contributed by atoms with E-state index in [1.807, 2.05) is 71.0 Å². The number of nitrogens with zero attached hydrogens (tertiary/aromatic N) is 1. The van der Waals surface area contributed by atoms with E-state index in [2.05, 4.69) is 6.07 Å². The van der Waals surface area contributed by atoms with Gasteiger partial charge in [-0.15, -0.1) is 0 Å². The zero-order chi connectivity index (χ0) is 22.9. The number of fused-ring (bicyclic) bond motifs is 1. The molecule has 0 atom stereocenters. The van der Waals surface area contributed by atoms with Crippen LogP contribution in [0.1, 0.15) is 51.3 Å². The van der Waals surface area contributed by atoms with E-state index in [4.69, 9.17) is 18.8 Å². The third kappa shape index (κ3) is 5.45. The maximum atomic E-state index is 12.7. The lowest BCUT2D eigenvalue weighted by Gasteiger charge is -2.32. The van der Waals surface area contributed by atoms with Crippen LogP contribution in [0.4, 0.5) is 4.79 Å². The third-order valence-corrected chi connectivity index (χ3v) is 5.49. The van der Waals surface area contributed by atoms with Gasteiger partial charge < -0.3 is 23.7 Å². The minimum atomic E-state index is -0.530. The van der Waals surface area contributed by atoms with E-state index in [0.29, 0.717) is 26.3 Å². The SMILES string of the molecule is CC(C)(C)OC(=O)N1CCc2cc(B3OCC(C)(C)O3)cc(OCc3ccccc3)c2C1. The molecule has 1 amide bonds. The highest BCUT2D eigenvalue weighted by molar-refractivity contribution is 6.62. The summed E-state index contributed by atoms with van der Waals surface area (Å²) >= 11 is 0. The zero-order valence-corrected chi connectivity index (χ0v) is 19.6. The van der Waals surface area contributed by atoms with E-state index >= 15 is 0 Å². The maximum Gasteiger partial charge on any atom is 0.494 e. The second-order valence-corrected chi connectivity index (χ2v) is 10.1. The molecule has 0 bridgehead atoms. The summed E-state index contributed by atoms with van der Waals surface area (Å²) in [6.07, 6.45) is 0.422. The summed E-state index contributed by atoms with van der Waals surface area (Å²) in [6.45, 7) is 11.7. The van der Waals surface area contributed by atoms with Crippen molar-refractivity contribution in [3.05, 3.63) is 59.2 Å². The van der Waals surface area contributed by atoms with Crippen LogP contribution in [0.2, 0.25) is 0 Å². The van der Waals surface area contributed by atoms with Crippen molar-refractivity contribution in [2.24, 2.45) is 0 Å². The summed E-state index contributed by atoms with van der Waals surface area (Å²) in [5.41, 5.74) is 3.35. The lowest BCUT2D eigenvalue weighted by Crippen LogP contribution is -2.41. The first-order chi connectivity index (χ1) is 15.1. The van der Waals surface area contributed by atoms with Crippen molar-refractivity contribution in [3.8, 4) is 5.75 Å². The molecule has 0 saturated carbocycles. The van der Waals surface area contributed by atoms with E-state index in [-0.39, 0.29) is 11.7 Å². The molecule has 7 heteroatoms. The summed E-state index contributed by atoms with van der Waals surface area (Å²) in [7, 11) is -0.418. The number of hydrogen-bond acceptors (Lipinski definition) is 5. The Bertz CT molecular complexity index is 970. The van der Waals surface area contributed by atoms with Gasteiger partial charge >= 0.3 is 13.2 Å². The van der Waals surface area contributed by atoms with Crippen LogP contribution in [-0.4, -0.2) is 42.5 Å². The number of carbonyl (C=O) groups is 1. The summed E-state index contributed by atoms with van der Waals surface area (Å²) < 4.78 is 23.9. The van der Waals surface area contributed by atoms with Gasteiger partial charge in [0.2, 0.25) is 0 Å². The van der Waals surface area contributed by atoms with Gasteiger partial charge in [-0.2, -0.15) is 0 Å². The van der Waals surface area contributed by atoms with Gasteiger partial charge in [0, 0.05) is 12.1 Å². The van der Waals surface area contributed by atoms with Gasteiger partial charge in [0.15, 0.2) is 0 Å². The van der Waals surface area contributed by atoms with E-state index in [9.17, 15) is 4.79 Å². The van der Waals surface area contributed by atoms with Crippen molar-refractivity contribution in [3.63, 3.8) is 0 Å². The van der Waals surface area contributed by atoms with Gasteiger partial charge in [0.1, 0.15) is 18.0 Å². The first-order valence-corrected chi connectivity index (χ1v) is 11.2. The lowest BCUT2D eigenvalue weighted by molar-refractivity contribution is 0.0222. The molecular weight excluding hydrogens is 405 g/mol. The van der Waals surface area contributed by atoms with Crippen molar-refractivity contribution in [2.75, 3.05) is 13.2 Å². The molecule has 0 aromatic heterocycles.